The molecule has 0 atom stereocenters. The summed E-state index contributed by atoms with van der Waals surface area (Å²) in [5.74, 6) is 0.755. The van der Waals surface area contributed by atoms with Gasteiger partial charge in [0.2, 0.25) is 0 Å². The van der Waals surface area contributed by atoms with Crippen molar-refractivity contribution in [1.82, 2.24) is 9.78 Å². The van der Waals surface area contributed by atoms with Crippen LogP contribution in [-0.2, 0) is 7.05 Å². The van der Waals surface area contributed by atoms with Gasteiger partial charge in [0.15, 0.2) is 0 Å². The van der Waals surface area contributed by atoms with Gasteiger partial charge in [0.25, 0.3) is 0 Å². The molecule has 0 aromatic carbocycles. The van der Waals surface area contributed by atoms with Crippen LogP contribution in [0.3, 0.4) is 0 Å². The van der Waals surface area contributed by atoms with Crippen LogP contribution in [0.2, 0.25) is 0 Å². The Bertz CT molecular complexity index is 300. The zero-order valence-electron chi connectivity index (χ0n) is 7.47. The molecule has 0 N–H and O–H groups in total. The Morgan fingerprint density at radius 2 is 2.17 bits per heavy atom. The minimum atomic E-state index is 0.755. The molecule has 1 aromatic heterocycles. The zero-order valence-corrected chi connectivity index (χ0v) is 9.06. The molecule has 12 heavy (non-hydrogen) atoms. The quantitative estimate of drug-likeness (QED) is 0.723. The lowest BCUT2D eigenvalue weighted by Gasteiger charge is -2.25. The minimum Gasteiger partial charge on any atom is -0.271 e. The third-order valence-corrected chi connectivity index (χ3v) is 3.66. The first-order chi connectivity index (χ1) is 5.70. The van der Waals surface area contributed by atoms with E-state index in [-0.39, 0.29) is 0 Å². The molecule has 3 heteroatoms. The fourth-order valence-electron chi connectivity index (χ4n) is 1.78. The van der Waals surface area contributed by atoms with Crippen LogP contribution < -0.4 is 0 Å². The fourth-order valence-corrected chi connectivity index (χ4v) is 2.43. The smallest absolute Gasteiger partial charge is 0.0738 e. The minimum absolute atomic E-state index is 0.755. The molecule has 0 aliphatic heterocycles. The largest absolute Gasteiger partial charge is 0.271 e. The molecule has 0 unspecified atom stereocenters. The van der Waals surface area contributed by atoms with Crippen LogP contribution in [0.25, 0.3) is 0 Å². The highest BCUT2D eigenvalue weighted by molar-refractivity contribution is 9.10. The molecule has 1 saturated carbocycles. The lowest BCUT2D eigenvalue weighted by atomic mass is 9.83. The van der Waals surface area contributed by atoms with Crippen LogP contribution in [0, 0.1) is 6.92 Å². The Labute approximate surface area is 81.1 Å². The Morgan fingerprint density at radius 3 is 2.50 bits per heavy atom. The summed E-state index contributed by atoms with van der Waals surface area (Å²) in [5.41, 5.74) is 2.50. The summed E-state index contributed by atoms with van der Waals surface area (Å²) in [6, 6.07) is 0. The fraction of sp³-hybridized carbons (Fsp3) is 0.667. The third kappa shape index (κ3) is 1.11. The average molecular weight is 229 g/mol. The lowest BCUT2D eigenvalue weighted by Crippen LogP contribution is -2.13. The number of hydrogen-bond acceptors (Lipinski definition) is 1. The van der Waals surface area contributed by atoms with E-state index < -0.39 is 0 Å². The van der Waals surface area contributed by atoms with Crippen molar-refractivity contribution in [3.8, 4) is 0 Å². The molecule has 1 aliphatic rings. The molecule has 0 bridgehead atoms. The Balaban J connectivity index is 2.40. The van der Waals surface area contributed by atoms with Crippen LogP contribution in [0.4, 0.5) is 0 Å². The number of nitrogens with zero attached hydrogens (tertiary/aromatic N) is 2. The first kappa shape index (κ1) is 8.30. The van der Waals surface area contributed by atoms with E-state index in [2.05, 4.69) is 21.0 Å². The molecule has 1 aliphatic carbocycles. The second-order valence-electron chi connectivity index (χ2n) is 3.54. The highest BCUT2D eigenvalue weighted by Gasteiger charge is 2.25. The normalized spacial score (nSPS) is 17.9. The Morgan fingerprint density at radius 1 is 1.50 bits per heavy atom. The van der Waals surface area contributed by atoms with Gasteiger partial charge < -0.3 is 0 Å². The molecular weight excluding hydrogens is 216 g/mol. The van der Waals surface area contributed by atoms with Crippen molar-refractivity contribution in [3.63, 3.8) is 0 Å². The van der Waals surface area contributed by atoms with Crippen molar-refractivity contribution in [2.75, 3.05) is 0 Å². The highest BCUT2D eigenvalue weighted by Crippen LogP contribution is 2.40. The van der Waals surface area contributed by atoms with Crippen molar-refractivity contribution in [3.05, 3.63) is 15.9 Å². The predicted molar refractivity (Wildman–Crippen MR) is 52.2 cm³/mol. The van der Waals surface area contributed by atoms with E-state index in [9.17, 15) is 0 Å². The number of aromatic nitrogens is 2. The predicted octanol–water partition coefficient (Wildman–Crippen LogP) is 2.76. The number of hydrogen-bond donors (Lipinski definition) is 0. The van der Waals surface area contributed by atoms with E-state index in [0.29, 0.717) is 0 Å². The topological polar surface area (TPSA) is 17.8 Å². The van der Waals surface area contributed by atoms with Gasteiger partial charge in [-0.25, -0.2) is 0 Å². The van der Waals surface area contributed by atoms with Crippen molar-refractivity contribution >= 4 is 15.9 Å². The standard InChI is InChI=1S/C9H13BrN2/c1-6-8(10)9(12(2)11-6)7-4-3-5-7/h7H,3-5H2,1-2H3. The molecule has 1 aromatic rings. The van der Waals surface area contributed by atoms with Crippen molar-refractivity contribution in [2.24, 2.45) is 7.05 Å². The Kier molecular flexibility index (Phi) is 1.99. The monoisotopic (exact) mass is 228 g/mol. The van der Waals surface area contributed by atoms with Crippen molar-refractivity contribution < 1.29 is 0 Å². The van der Waals surface area contributed by atoms with Crippen LogP contribution >= 0.6 is 15.9 Å². The summed E-state index contributed by atoms with van der Waals surface area (Å²) in [4.78, 5) is 0. The average Bonchev–Trinajstić information content (AvgIpc) is 2.13. The van der Waals surface area contributed by atoms with Gasteiger partial charge in [-0.15, -0.1) is 0 Å². The van der Waals surface area contributed by atoms with Crippen molar-refractivity contribution in [1.29, 1.82) is 0 Å². The molecule has 2 rings (SSSR count). The van der Waals surface area contributed by atoms with Crippen LogP contribution in [0.15, 0.2) is 4.47 Å². The third-order valence-electron chi connectivity index (χ3n) is 2.68. The van der Waals surface area contributed by atoms with Gasteiger partial charge >= 0.3 is 0 Å². The van der Waals surface area contributed by atoms with E-state index in [1.807, 2.05) is 18.7 Å². The van der Waals surface area contributed by atoms with Gasteiger partial charge in [0.05, 0.1) is 15.9 Å². The second-order valence-corrected chi connectivity index (χ2v) is 4.33. The summed E-state index contributed by atoms with van der Waals surface area (Å²) in [6.07, 6.45) is 4.04. The number of aryl methyl sites for hydroxylation is 2. The number of halogens is 1. The van der Waals surface area contributed by atoms with Gasteiger partial charge in [-0.05, 0) is 35.7 Å². The SMILES string of the molecule is Cc1nn(C)c(C2CCC2)c1Br. The first-order valence-electron chi connectivity index (χ1n) is 4.39. The summed E-state index contributed by atoms with van der Waals surface area (Å²) in [6.45, 7) is 2.05. The summed E-state index contributed by atoms with van der Waals surface area (Å²) in [7, 11) is 2.03. The maximum Gasteiger partial charge on any atom is 0.0738 e. The van der Waals surface area contributed by atoms with Crippen LogP contribution in [0.1, 0.15) is 36.6 Å². The lowest BCUT2D eigenvalue weighted by molar-refractivity contribution is 0.396. The van der Waals surface area contributed by atoms with Gasteiger partial charge in [-0.2, -0.15) is 5.10 Å². The molecular formula is C9H13BrN2. The van der Waals surface area contributed by atoms with E-state index in [0.717, 1.165) is 11.6 Å². The zero-order chi connectivity index (χ0) is 8.72. The van der Waals surface area contributed by atoms with Crippen LogP contribution in [0.5, 0.6) is 0 Å². The molecule has 1 fully saturated rings. The molecule has 0 spiro atoms. The molecule has 0 amide bonds. The first-order valence-corrected chi connectivity index (χ1v) is 5.18. The van der Waals surface area contributed by atoms with E-state index in [1.165, 1.54) is 29.4 Å². The van der Waals surface area contributed by atoms with Crippen LogP contribution in [-0.4, -0.2) is 9.78 Å². The Hall–Kier alpha value is -0.310. The molecule has 1 heterocycles. The van der Waals surface area contributed by atoms with Gasteiger partial charge in [0.1, 0.15) is 0 Å². The summed E-state index contributed by atoms with van der Waals surface area (Å²) in [5, 5.41) is 4.38. The second kappa shape index (κ2) is 2.87. The maximum absolute atomic E-state index is 4.38. The van der Waals surface area contributed by atoms with Gasteiger partial charge in [-0.1, -0.05) is 6.42 Å². The molecule has 66 valence electrons. The molecule has 0 radical (unpaired) electrons. The molecule has 0 saturated heterocycles. The van der Waals surface area contributed by atoms with Crippen molar-refractivity contribution in [2.45, 2.75) is 32.1 Å². The molecule has 2 nitrogen and oxygen atoms in total. The highest BCUT2D eigenvalue weighted by atomic mass is 79.9. The number of rotatable bonds is 1. The van der Waals surface area contributed by atoms with E-state index in [4.69, 9.17) is 0 Å². The summed E-state index contributed by atoms with van der Waals surface area (Å²) >= 11 is 3.59. The van der Waals surface area contributed by atoms with Gasteiger partial charge in [0, 0.05) is 13.0 Å². The summed E-state index contributed by atoms with van der Waals surface area (Å²) < 4.78 is 3.23. The maximum atomic E-state index is 4.38. The van der Waals surface area contributed by atoms with E-state index in [1.54, 1.807) is 0 Å². The van der Waals surface area contributed by atoms with Gasteiger partial charge in [-0.3, -0.25) is 4.68 Å². The van der Waals surface area contributed by atoms with E-state index >= 15 is 0 Å².